The van der Waals surface area contributed by atoms with Crippen LogP contribution in [-0.2, 0) is 11.8 Å². The van der Waals surface area contributed by atoms with E-state index < -0.39 is 0 Å². The highest BCUT2D eigenvalue weighted by Gasteiger charge is 2.29. The zero-order valence-corrected chi connectivity index (χ0v) is 13.5. The first-order valence-electron chi connectivity index (χ1n) is 7.00. The summed E-state index contributed by atoms with van der Waals surface area (Å²) in [7, 11) is 4.01. The van der Waals surface area contributed by atoms with Gasteiger partial charge in [-0.2, -0.15) is 0 Å². The zero-order valence-electron chi connectivity index (χ0n) is 13.5. The molecule has 0 radical (unpaired) electrons. The highest BCUT2D eigenvalue weighted by molar-refractivity contribution is 5.28. The summed E-state index contributed by atoms with van der Waals surface area (Å²) in [6.07, 6.45) is 0.318. The smallest absolute Gasteiger partial charge is 0.0758 e. The average Bonchev–Trinajstić information content (AvgIpc) is 2.28. The fraction of sp³-hybridized carbons (Fsp3) is 0.647. The van der Waals surface area contributed by atoms with Crippen molar-refractivity contribution in [2.75, 3.05) is 14.1 Å². The van der Waals surface area contributed by atoms with Crippen molar-refractivity contribution in [3.05, 3.63) is 35.4 Å². The first-order valence-corrected chi connectivity index (χ1v) is 7.00. The summed E-state index contributed by atoms with van der Waals surface area (Å²) >= 11 is 0. The molecule has 0 aromatic heterocycles. The third kappa shape index (κ3) is 4.05. The molecule has 0 saturated heterocycles. The van der Waals surface area contributed by atoms with E-state index in [1.165, 1.54) is 11.1 Å². The standard InChI is InChI=1S/C17H29NO/c1-16(2,3)14-10-8-13(9-11-14)12-15(19)17(4,5)18(6)7/h8-11,15,19H,12H2,1-7H3. The number of aliphatic hydroxyl groups excluding tert-OH is 1. The van der Waals surface area contributed by atoms with E-state index in [0.717, 1.165) is 0 Å². The average molecular weight is 263 g/mol. The molecule has 2 heteroatoms. The van der Waals surface area contributed by atoms with Gasteiger partial charge in [0.05, 0.1) is 6.10 Å². The molecule has 0 heterocycles. The molecule has 0 aliphatic heterocycles. The number of hydrogen-bond acceptors (Lipinski definition) is 2. The Morgan fingerprint density at radius 3 is 1.84 bits per heavy atom. The van der Waals surface area contributed by atoms with Crippen LogP contribution in [0.15, 0.2) is 24.3 Å². The predicted molar refractivity (Wildman–Crippen MR) is 82.6 cm³/mol. The van der Waals surface area contributed by atoms with Crippen LogP contribution in [0.25, 0.3) is 0 Å². The molecular weight excluding hydrogens is 234 g/mol. The third-order valence-corrected chi connectivity index (χ3v) is 4.22. The highest BCUT2D eigenvalue weighted by Crippen LogP contribution is 2.24. The minimum atomic E-state index is -0.372. The number of nitrogens with zero attached hydrogens (tertiary/aromatic N) is 1. The van der Waals surface area contributed by atoms with E-state index in [4.69, 9.17) is 0 Å². The van der Waals surface area contributed by atoms with Crippen LogP contribution in [0.2, 0.25) is 0 Å². The molecule has 0 aliphatic carbocycles. The van der Waals surface area contributed by atoms with Crippen LogP contribution < -0.4 is 0 Å². The summed E-state index contributed by atoms with van der Waals surface area (Å²) in [4.78, 5) is 2.07. The first kappa shape index (κ1) is 16.2. The summed E-state index contributed by atoms with van der Waals surface area (Å²) in [5.74, 6) is 0. The lowest BCUT2D eigenvalue weighted by atomic mass is 9.85. The van der Waals surface area contributed by atoms with Gasteiger partial charge in [0.15, 0.2) is 0 Å². The maximum atomic E-state index is 10.4. The minimum absolute atomic E-state index is 0.181. The van der Waals surface area contributed by atoms with Crippen molar-refractivity contribution in [3.63, 3.8) is 0 Å². The van der Waals surface area contributed by atoms with E-state index in [2.05, 4.69) is 63.8 Å². The van der Waals surface area contributed by atoms with E-state index in [0.29, 0.717) is 6.42 Å². The fourth-order valence-electron chi connectivity index (χ4n) is 1.91. The third-order valence-electron chi connectivity index (χ3n) is 4.22. The normalized spacial score (nSPS) is 14.8. The quantitative estimate of drug-likeness (QED) is 0.901. The molecule has 0 spiro atoms. The SMILES string of the molecule is CN(C)C(C)(C)C(O)Cc1ccc(C(C)(C)C)cc1. The molecule has 0 amide bonds. The number of rotatable bonds is 4. The monoisotopic (exact) mass is 263 g/mol. The maximum Gasteiger partial charge on any atom is 0.0758 e. The van der Waals surface area contributed by atoms with Crippen LogP contribution in [0.5, 0.6) is 0 Å². The lowest BCUT2D eigenvalue weighted by molar-refractivity contribution is 0.0183. The van der Waals surface area contributed by atoms with Crippen LogP contribution in [-0.4, -0.2) is 35.7 Å². The van der Waals surface area contributed by atoms with Crippen LogP contribution in [0.1, 0.15) is 45.7 Å². The minimum Gasteiger partial charge on any atom is -0.391 e. The van der Waals surface area contributed by atoms with E-state index in [-0.39, 0.29) is 17.1 Å². The van der Waals surface area contributed by atoms with Gasteiger partial charge in [0.2, 0.25) is 0 Å². The summed E-state index contributed by atoms with van der Waals surface area (Å²) in [5.41, 5.74) is 2.48. The van der Waals surface area contributed by atoms with Crippen molar-refractivity contribution >= 4 is 0 Å². The van der Waals surface area contributed by atoms with Gasteiger partial charge in [0.25, 0.3) is 0 Å². The summed E-state index contributed by atoms with van der Waals surface area (Å²) in [6, 6.07) is 8.61. The summed E-state index contributed by atoms with van der Waals surface area (Å²) in [5, 5.41) is 10.4. The topological polar surface area (TPSA) is 23.5 Å². The van der Waals surface area contributed by atoms with Crippen molar-refractivity contribution in [2.24, 2.45) is 0 Å². The Labute approximate surface area is 118 Å². The molecular formula is C17H29NO. The Balaban J connectivity index is 2.79. The van der Waals surface area contributed by atoms with Gasteiger partial charge < -0.3 is 10.0 Å². The molecule has 19 heavy (non-hydrogen) atoms. The summed E-state index contributed by atoms with van der Waals surface area (Å²) in [6.45, 7) is 10.8. The second kappa shape index (κ2) is 5.64. The second-order valence-electron chi connectivity index (χ2n) is 7.21. The number of likely N-dealkylation sites (N-methyl/N-ethyl adjacent to an activating group) is 1. The Morgan fingerprint density at radius 2 is 1.47 bits per heavy atom. The largest absolute Gasteiger partial charge is 0.391 e. The lowest BCUT2D eigenvalue weighted by Crippen LogP contribution is -2.49. The van der Waals surface area contributed by atoms with Crippen molar-refractivity contribution < 1.29 is 5.11 Å². The number of aliphatic hydroxyl groups is 1. The van der Waals surface area contributed by atoms with Crippen LogP contribution in [0.4, 0.5) is 0 Å². The van der Waals surface area contributed by atoms with Gasteiger partial charge in [-0.15, -0.1) is 0 Å². The molecule has 1 atom stereocenters. The Hall–Kier alpha value is -0.860. The molecule has 108 valence electrons. The number of hydrogen-bond donors (Lipinski definition) is 1. The molecule has 1 rings (SSSR count). The Kier molecular flexibility index (Phi) is 4.81. The predicted octanol–water partition coefficient (Wildman–Crippen LogP) is 3.23. The summed E-state index contributed by atoms with van der Waals surface area (Å²) < 4.78 is 0. The molecule has 1 unspecified atom stereocenters. The molecule has 1 N–H and O–H groups in total. The van der Waals surface area contributed by atoms with Crippen LogP contribution in [0.3, 0.4) is 0 Å². The Bertz CT molecular complexity index is 398. The van der Waals surface area contributed by atoms with Gasteiger partial charge in [-0.3, -0.25) is 0 Å². The Morgan fingerprint density at radius 1 is 1.00 bits per heavy atom. The number of benzene rings is 1. The fourth-order valence-corrected chi connectivity index (χ4v) is 1.91. The van der Waals surface area contributed by atoms with Gasteiger partial charge in [0, 0.05) is 12.0 Å². The molecule has 0 fully saturated rings. The van der Waals surface area contributed by atoms with Gasteiger partial charge in [-0.05, 0) is 44.5 Å². The van der Waals surface area contributed by atoms with E-state index in [1.807, 2.05) is 14.1 Å². The molecule has 0 bridgehead atoms. The second-order valence-corrected chi connectivity index (χ2v) is 7.21. The van der Waals surface area contributed by atoms with Crippen molar-refractivity contribution in [1.82, 2.24) is 4.90 Å². The molecule has 0 aliphatic rings. The molecule has 1 aromatic carbocycles. The van der Waals surface area contributed by atoms with E-state index >= 15 is 0 Å². The van der Waals surface area contributed by atoms with E-state index in [1.54, 1.807) is 0 Å². The van der Waals surface area contributed by atoms with Gasteiger partial charge >= 0.3 is 0 Å². The molecule has 1 aromatic rings. The first-order chi connectivity index (χ1) is 8.55. The van der Waals surface area contributed by atoms with Crippen LogP contribution >= 0.6 is 0 Å². The molecule has 0 saturated carbocycles. The van der Waals surface area contributed by atoms with Gasteiger partial charge in [-0.25, -0.2) is 0 Å². The zero-order chi connectivity index (χ0) is 14.8. The molecule has 2 nitrogen and oxygen atoms in total. The van der Waals surface area contributed by atoms with Crippen molar-refractivity contribution in [2.45, 2.75) is 58.1 Å². The highest BCUT2D eigenvalue weighted by atomic mass is 16.3. The van der Waals surface area contributed by atoms with E-state index in [9.17, 15) is 5.11 Å². The van der Waals surface area contributed by atoms with Crippen LogP contribution in [0, 0.1) is 0 Å². The van der Waals surface area contributed by atoms with Gasteiger partial charge in [0.1, 0.15) is 0 Å². The maximum absolute atomic E-state index is 10.4. The van der Waals surface area contributed by atoms with Gasteiger partial charge in [-0.1, -0.05) is 45.0 Å². The van der Waals surface area contributed by atoms with Crippen molar-refractivity contribution in [3.8, 4) is 0 Å². The lowest BCUT2D eigenvalue weighted by Gasteiger charge is -2.37. The van der Waals surface area contributed by atoms with Crippen molar-refractivity contribution in [1.29, 1.82) is 0 Å².